The normalized spacial score (nSPS) is 21.2. The second-order valence-corrected chi connectivity index (χ2v) is 5.89. The SMILES string of the molecule is O=C(c1ccccc1CN1CCOCC1)C1CCCC1. The molecule has 0 bridgehead atoms. The largest absolute Gasteiger partial charge is 0.379 e. The average Bonchev–Trinajstić information content (AvgIpc) is 3.02. The highest BCUT2D eigenvalue weighted by Gasteiger charge is 2.25. The fourth-order valence-electron chi connectivity index (χ4n) is 3.31. The van der Waals surface area contributed by atoms with E-state index in [1.807, 2.05) is 18.2 Å². The second kappa shape index (κ2) is 6.51. The number of hydrogen-bond acceptors (Lipinski definition) is 3. The van der Waals surface area contributed by atoms with Crippen molar-refractivity contribution in [2.24, 2.45) is 5.92 Å². The Bertz CT molecular complexity index is 460. The Kier molecular flexibility index (Phi) is 4.48. The lowest BCUT2D eigenvalue weighted by Crippen LogP contribution is -2.36. The molecule has 0 N–H and O–H groups in total. The van der Waals surface area contributed by atoms with Gasteiger partial charge in [0.25, 0.3) is 0 Å². The number of rotatable bonds is 4. The number of nitrogens with zero attached hydrogens (tertiary/aromatic N) is 1. The zero-order valence-electron chi connectivity index (χ0n) is 12.0. The van der Waals surface area contributed by atoms with Gasteiger partial charge >= 0.3 is 0 Å². The highest BCUT2D eigenvalue weighted by Crippen LogP contribution is 2.29. The predicted octanol–water partition coefficient (Wildman–Crippen LogP) is 2.89. The summed E-state index contributed by atoms with van der Waals surface area (Å²) in [6, 6.07) is 8.15. The molecular weight excluding hydrogens is 250 g/mol. The zero-order valence-corrected chi connectivity index (χ0v) is 12.0. The van der Waals surface area contributed by atoms with Gasteiger partial charge in [-0.1, -0.05) is 37.1 Å². The third-order valence-electron chi connectivity index (χ3n) is 4.51. The molecule has 20 heavy (non-hydrogen) atoms. The Morgan fingerprint density at radius 1 is 1.15 bits per heavy atom. The Hall–Kier alpha value is -1.19. The lowest BCUT2D eigenvalue weighted by Gasteiger charge is -2.27. The predicted molar refractivity (Wildman–Crippen MR) is 78.8 cm³/mol. The minimum Gasteiger partial charge on any atom is -0.379 e. The van der Waals surface area contributed by atoms with Crippen molar-refractivity contribution < 1.29 is 9.53 Å². The van der Waals surface area contributed by atoms with Crippen LogP contribution < -0.4 is 0 Å². The number of Topliss-reactive ketones (excluding diaryl/α,β-unsaturated/α-hetero) is 1. The Morgan fingerprint density at radius 2 is 1.85 bits per heavy atom. The van der Waals surface area contributed by atoms with Crippen LogP contribution in [0.5, 0.6) is 0 Å². The van der Waals surface area contributed by atoms with Crippen molar-refractivity contribution in [3.05, 3.63) is 35.4 Å². The van der Waals surface area contributed by atoms with E-state index >= 15 is 0 Å². The van der Waals surface area contributed by atoms with E-state index in [9.17, 15) is 4.79 Å². The van der Waals surface area contributed by atoms with Gasteiger partial charge in [-0.05, 0) is 18.4 Å². The van der Waals surface area contributed by atoms with E-state index in [2.05, 4.69) is 11.0 Å². The maximum Gasteiger partial charge on any atom is 0.166 e. The fourth-order valence-corrected chi connectivity index (χ4v) is 3.31. The molecule has 3 rings (SSSR count). The summed E-state index contributed by atoms with van der Waals surface area (Å²) in [5, 5.41) is 0. The van der Waals surface area contributed by atoms with Crippen molar-refractivity contribution in [2.45, 2.75) is 32.2 Å². The van der Waals surface area contributed by atoms with Crippen LogP contribution in [0.2, 0.25) is 0 Å². The van der Waals surface area contributed by atoms with Gasteiger partial charge < -0.3 is 4.74 Å². The zero-order chi connectivity index (χ0) is 13.8. The first-order chi connectivity index (χ1) is 9.84. The van der Waals surface area contributed by atoms with Crippen molar-refractivity contribution in [1.29, 1.82) is 0 Å². The first kappa shape index (κ1) is 13.8. The van der Waals surface area contributed by atoms with Crippen molar-refractivity contribution >= 4 is 5.78 Å². The topological polar surface area (TPSA) is 29.5 Å². The third kappa shape index (κ3) is 3.10. The smallest absolute Gasteiger partial charge is 0.166 e. The second-order valence-electron chi connectivity index (χ2n) is 5.89. The summed E-state index contributed by atoms with van der Waals surface area (Å²) >= 11 is 0. The van der Waals surface area contributed by atoms with Crippen LogP contribution in [0, 0.1) is 5.92 Å². The van der Waals surface area contributed by atoms with Crippen molar-refractivity contribution in [1.82, 2.24) is 4.90 Å². The van der Waals surface area contributed by atoms with Crippen LogP contribution in [0.4, 0.5) is 0 Å². The van der Waals surface area contributed by atoms with Gasteiger partial charge in [-0.2, -0.15) is 0 Å². The number of ether oxygens (including phenoxy) is 1. The molecule has 108 valence electrons. The van der Waals surface area contributed by atoms with Crippen LogP contribution in [0.3, 0.4) is 0 Å². The molecular formula is C17H23NO2. The van der Waals surface area contributed by atoms with Gasteiger partial charge in [-0.3, -0.25) is 9.69 Å². The Labute approximate surface area is 120 Å². The highest BCUT2D eigenvalue weighted by molar-refractivity contribution is 5.99. The summed E-state index contributed by atoms with van der Waals surface area (Å²) in [7, 11) is 0. The quantitative estimate of drug-likeness (QED) is 0.790. The van der Waals surface area contributed by atoms with Crippen LogP contribution in [-0.4, -0.2) is 37.0 Å². The minimum absolute atomic E-state index is 0.265. The van der Waals surface area contributed by atoms with Crippen molar-refractivity contribution in [3.8, 4) is 0 Å². The number of morpholine rings is 1. The lowest BCUT2D eigenvalue weighted by molar-refractivity contribution is 0.0340. The molecule has 1 aromatic rings. The molecule has 0 unspecified atom stereocenters. The van der Waals surface area contributed by atoms with E-state index in [0.29, 0.717) is 5.78 Å². The van der Waals surface area contributed by atoms with Crippen LogP contribution in [0.15, 0.2) is 24.3 Å². The van der Waals surface area contributed by atoms with Gasteiger partial charge in [0.1, 0.15) is 0 Å². The number of ketones is 1. The monoisotopic (exact) mass is 273 g/mol. The molecule has 1 heterocycles. The Morgan fingerprint density at radius 3 is 2.60 bits per heavy atom. The van der Waals surface area contributed by atoms with Crippen LogP contribution >= 0.6 is 0 Å². The molecule has 1 aromatic carbocycles. The van der Waals surface area contributed by atoms with Crippen LogP contribution in [0.25, 0.3) is 0 Å². The molecule has 2 aliphatic rings. The van der Waals surface area contributed by atoms with Crippen LogP contribution in [0.1, 0.15) is 41.6 Å². The molecule has 1 aliphatic carbocycles. The summed E-state index contributed by atoms with van der Waals surface area (Å²) in [4.78, 5) is 15.0. The summed E-state index contributed by atoms with van der Waals surface area (Å²) < 4.78 is 5.39. The molecule has 0 amide bonds. The van der Waals surface area contributed by atoms with E-state index in [0.717, 1.165) is 51.3 Å². The maximum atomic E-state index is 12.7. The summed E-state index contributed by atoms with van der Waals surface area (Å²) in [6.45, 7) is 4.41. The van der Waals surface area contributed by atoms with Crippen molar-refractivity contribution in [3.63, 3.8) is 0 Å². The maximum absolute atomic E-state index is 12.7. The number of carbonyl (C=O) groups is 1. The van der Waals surface area contributed by atoms with Crippen LogP contribution in [-0.2, 0) is 11.3 Å². The molecule has 3 nitrogen and oxygen atoms in total. The molecule has 1 saturated carbocycles. The molecule has 1 saturated heterocycles. The van der Waals surface area contributed by atoms with E-state index in [1.54, 1.807) is 0 Å². The summed E-state index contributed by atoms with van der Waals surface area (Å²) in [6.07, 6.45) is 4.57. The number of carbonyl (C=O) groups excluding carboxylic acids is 1. The lowest BCUT2D eigenvalue weighted by atomic mass is 9.92. The van der Waals surface area contributed by atoms with Gasteiger partial charge in [-0.25, -0.2) is 0 Å². The molecule has 2 fully saturated rings. The van der Waals surface area contributed by atoms with Gasteiger partial charge in [0.05, 0.1) is 13.2 Å². The van der Waals surface area contributed by atoms with E-state index in [-0.39, 0.29) is 5.92 Å². The van der Waals surface area contributed by atoms with Gasteiger partial charge in [-0.15, -0.1) is 0 Å². The molecule has 0 radical (unpaired) electrons. The Balaban J connectivity index is 1.74. The van der Waals surface area contributed by atoms with Crippen molar-refractivity contribution in [2.75, 3.05) is 26.3 Å². The van der Waals surface area contributed by atoms with Gasteiger partial charge in [0.15, 0.2) is 5.78 Å². The van der Waals surface area contributed by atoms with E-state index in [1.165, 1.54) is 18.4 Å². The molecule has 3 heteroatoms. The minimum atomic E-state index is 0.265. The molecule has 0 spiro atoms. The third-order valence-corrected chi connectivity index (χ3v) is 4.51. The van der Waals surface area contributed by atoms with E-state index in [4.69, 9.17) is 4.74 Å². The van der Waals surface area contributed by atoms with E-state index < -0.39 is 0 Å². The fraction of sp³-hybridized carbons (Fsp3) is 0.588. The highest BCUT2D eigenvalue weighted by atomic mass is 16.5. The van der Waals surface area contributed by atoms with Gasteiger partial charge in [0, 0.05) is 31.1 Å². The first-order valence-corrected chi connectivity index (χ1v) is 7.77. The standard InChI is InChI=1S/C17H23NO2/c19-17(14-5-1-2-6-14)16-8-4-3-7-15(16)13-18-9-11-20-12-10-18/h3-4,7-8,14H,1-2,5-6,9-13H2. The first-order valence-electron chi connectivity index (χ1n) is 7.77. The summed E-state index contributed by atoms with van der Waals surface area (Å²) in [5.41, 5.74) is 2.14. The average molecular weight is 273 g/mol. The number of hydrogen-bond donors (Lipinski definition) is 0. The summed E-state index contributed by atoms with van der Waals surface area (Å²) in [5.74, 6) is 0.632. The van der Waals surface area contributed by atoms with Gasteiger partial charge in [0.2, 0.25) is 0 Å². The molecule has 0 aromatic heterocycles. The number of benzene rings is 1. The molecule has 1 aliphatic heterocycles. The molecule has 0 atom stereocenters.